The van der Waals surface area contributed by atoms with Crippen LogP contribution in [0.25, 0.3) is 0 Å². The van der Waals surface area contributed by atoms with Gasteiger partial charge in [-0.3, -0.25) is 0 Å². The molecule has 2 rings (SSSR count). The zero-order valence-electron chi connectivity index (χ0n) is 7.80. The summed E-state index contributed by atoms with van der Waals surface area (Å²) in [5.74, 6) is 0. The van der Waals surface area contributed by atoms with Gasteiger partial charge in [0.2, 0.25) is 0 Å². The molecule has 0 aliphatic carbocycles. The molecule has 1 N–H and O–H groups in total. The number of cyclic esters (lactones) is 1. The number of carbonyl (C=O) groups excluding carboxylic acids is 1. The van der Waals surface area contributed by atoms with E-state index in [1.54, 1.807) is 0 Å². The molecule has 1 amide bonds. The third kappa shape index (κ3) is 2.44. The predicted octanol–water partition coefficient (Wildman–Crippen LogP) is 3.27. The molecule has 0 unspecified atom stereocenters. The molecule has 1 fully saturated rings. The van der Waals surface area contributed by atoms with E-state index in [2.05, 4.69) is 21.2 Å². The number of benzene rings is 1. The average molecular weight is 291 g/mol. The third-order valence-electron chi connectivity index (χ3n) is 2.27. The second kappa shape index (κ2) is 4.41. The summed E-state index contributed by atoms with van der Waals surface area (Å²) in [5.41, 5.74) is 0.919. The zero-order valence-corrected chi connectivity index (χ0v) is 10.1. The Morgan fingerprint density at radius 1 is 1.53 bits per heavy atom. The molecular formula is C10H9BrClNO2. The van der Waals surface area contributed by atoms with Crippen molar-refractivity contribution >= 4 is 33.6 Å². The maximum atomic E-state index is 11.1. The molecule has 0 bridgehead atoms. The summed E-state index contributed by atoms with van der Waals surface area (Å²) in [4.78, 5) is 11.1. The number of hydrogen-bond acceptors (Lipinski definition) is 2. The van der Waals surface area contributed by atoms with Crippen LogP contribution in [0.3, 0.4) is 0 Å². The van der Waals surface area contributed by atoms with Crippen molar-refractivity contribution in [1.82, 2.24) is 5.32 Å². The highest BCUT2D eigenvalue weighted by Crippen LogP contribution is 2.29. The molecule has 1 aromatic carbocycles. The standard InChI is InChI=1S/C10H9BrClNO2/c11-6-1-2-8(12)7(5-6)9-3-4-15-10(14)13-9/h1-2,5,9H,3-4H2,(H,13,14)/t9-/m1/s1. The van der Waals surface area contributed by atoms with E-state index < -0.39 is 0 Å². The Hall–Kier alpha value is -0.740. The van der Waals surface area contributed by atoms with Crippen molar-refractivity contribution < 1.29 is 9.53 Å². The molecule has 80 valence electrons. The van der Waals surface area contributed by atoms with Gasteiger partial charge in [0, 0.05) is 15.9 Å². The van der Waals surface area contributed by atoms with Gasteiger partial charge in [-0.1, -0.05) is 27.5 Å². The van der Waals surface area contributed by atoms with E-state index in [1.807, 2.05) is 18.2 Å². The Morgan fingerprint density at radius 3 is 3.07 bits per heavy atom. The second-order valence-electron chi connectivity index (χ2n) is 3.29. The largest absolute Gasteiger partial charge is 0.449 e. The topological polar surface area (TPSA) is 38.3 Å². The van der Waals surface area contributed by atoms with Gasteiger partial charge in [-0.25, -0.2) is 4.79 Å². The van der Waals surface area contributed by atoms with Crippen LogP contribution in [0.1, 0.15) is 18.0 Å². The van der Waals surface area contributed by atoms with Crippen molar-refractivity contribution in [1.29, 1.82) is 0 Å². The van der Waals surface area contributed by atoms with Gasteiger partial charge in [-0.05, 0) is 23.8 Å². The number of nitrogens with one attached hydrogen (secondary N) is 1. The molecule has 1 aliphatic rings. The molecule has 3 nitrogen and oxygen atoms in total. The highest BCUT2D eigenvalue weighted by Gasteiger charge is 2.22. The minimum Gasteiger partial charge on any atom is -0.449 e. The van der Waals surface area contributed by atoms with Gasteiger partial charge < -0.3 is 10.1 Å². The van der Waals surface area contributed by atoms with Crippen molar-refractivity contribution in [2.75, 3.05) is 6.61 Å². The molecule has 0 aromatic heterocycles. The smallest absolute Gasteiger partial charge is 0.407 e. The fraction of sp³-hybridized carbons (Fsp3) is 0.300. The number of rotatable bonds is 1. The first-order chi connectivity index (χ1) is 7.16. The lowest BCUT2D eigenvalue weighted by Crippen LogP contribution is -2.35. The van der Waals surface area contributed by atoms with Crippen LogP contribution >= 0.6 is 27.5 Å². The summed E-state index contributed by atoms with van der Waals surface area (Å²) in [7, 11) is 0. The van der Waals surface area contributed by atoms with Crippen molar-refractivity contribution in [3.8, 4) is 0 Å². The van der Waals surface area contributed by atoms with Crippen molar-refractivity contribution in [2.24, 2.45) is 0 Å². The van der Waals surface area contributed by atoms with Gasteiger partial charge >= 0.3 is 6.09 Å². The van der Waals surface area contributed by atoms with Crippen LogP contribution in [0.15, 0.2) is 22.7 Å². The number of amides is 1. The van der Waals surface area contributed by atoms with Crippen LogP contribution in [-0.4, -0.2) is 12.7 Å². The minimum atomic E-state index is -0.387. The van der Waals surface area contributed by atoms with Crippen LogP contribution in [0.5, 0.6) is 0 Å². The summed E-state index contributed by atoms with van der Waals surface area (Å²) in [6, 6.07) is 5.53. The number of alkyl carbamates (subject to hydrolysis) is 1. The van der Waals surface area contributed by atoms with E-state index in [0.29, 0.717) is 11.6 Å². The Kier molecular flexibility index (Phi) is 3.17. The molecule has 1 aliphatic heterocycles. The maximum Gasteiger partial charge on any atom is 0.407 e. The van der Waals surface area contributed by atoms with Crippen molar-refractivity contribution in [2.45, 2.75) is 12.5 Å². The molecular weight excluding hydrogens is 281 g/mol. The Labute approximate surface area is 101 Å². The minimum absolute atomic E-state index is 0.0590. The van der Waals surface area contributed by atoms with E-state index in [-0.39, 0.29) is 12.1 Å². The number of carbonyl (C=O) groups is 1. The highest BCUT2D eigenvalue weighted by atomic mass is 79.9. The predicted molar refractivity (Wildman–Crippen MR) is 61.0 cm³/mol. The summed E-state index contributed by atoms with van der Waals surface area (Å²) >= 11 is 9.44. The first-order valence-electron chi connectivity index (χ1n) is 4.55. The number of halogens is 2. The zero-order chi connectivity index (χ0) is 10.8. The Balaban J connectivity index is 2.27. The summed E-state index contributed by atoms with van der Waals surface area (Å²) in [6.45, 7) is 0.430. The molecule has 0 spiro atoms. The quantitative estimate of drug-likeness (QED) is 0.862. The van der Waals surface area contributed by atoms with Gasteiger partial charge in [0.15, 0.2) is 0 Å². The Morgan fingerprint density at radius 2 is 2.33 bits per heavy atom. The normalized spacial score (nSPS) is 20.7. The van der Waals surface area contributed by atoms with Gasteiger partial charge in [0.1, 0.15) is 0 Å². The van der Waals surface area contributed by atoms with Gasteiger partial charge in [0.25, 0.3) is 0 Å². The molecule has 0 saturated carbocycles. The van der Waals surface area contributed by atoms with E-state index in [4.69, 9.17) is 16.3 Å². The fourth-order valence-corrected chi connectivity index (χ4v) is 2.17. The van der Waals surface area contributed by atoms with Gasteiger partial charge in [-0.2, -0.15) is 0 Å². The lowest BCUT2D eigenvalue weighted by Gasteiger charge is -2.24. The van der Waals surface area contributed by atoms with Crippen LogP contribution in [0.4, 0.5) is 4.79 Å². The maximum absolute atomic E-state index is 11.1. The Bertz CT molecular complexity index is 397. The molecule has 1 atom stereocenters. The monoisotopic (exact) mass is 289 g/mol. The van der Waals surface area contributed by atoms with Crippen LogP contribution in [0.2, 0.25) is 5.02 Å². The summed E-state index contributed by atoms with van der Waals surface area (Å²) in [6.07, 6.45) is 0.351. The van der Waals surface area contributed by atoms with E-state index in [9.17, 15) is 4.79 Å². The molecule has 0 radical (unpaired) electrons. The number of hydrogen-bond donors (Lipinski definition) is 1. The first-order valence-corrected chi connectivity index (χ1v) is 5.72. The SMILES string of the molecule is O=C1N[C@@H](c2cc(Br)ccc2Cl)CCO1. The van der Waals surface area contributed by atoms with E-state index >= 15 is 0 Å². The molecule has 1 aromatic rings. The molecule has 1 saturated heterocycles. The van der Waals surface area contributed by atoms with Crippen LogP contribution in [-0.2, 0) is 4.74 Å². The van der Waals surface area contributed by atoms with Gasteiger partial charge in [-0.15, -0.1) is 0 Å². The lowest BCUT2D eigenvalue weighted by atomic mass is 10.0. The van der Waals surface area contributed by atoms with Crippen molar-refractivity contribution in [3.63, 3.8) is 0 Å². The fourth-order valence-electron chi connectivity index (χ4n) is 1.54. The number of ether oxygens (including phenoxy) is 1. The molecule has 15 heavy (non-hydrogen) atoms. The van der Waals surface area contributed by atoms with E-state index in [1.165, 1.54) is 0 Å². The van der Waals surface area contributed by atoms with Gasteiger partial charge in [0.05, 0.1) is 12.6 Å². The van der Waals surface area contributed by atoms with Crippen molar-refractivity contribution in [3.05, 3.63) is 33.3 Å². The average Bonchev–Trinajstić information content (AvgIpc) is 2.22. The third-order valence-corrected chi connectivity index (χ3v) is 3.10. The van der Waals surface area contributed by atoms with E-state index in [0.717, 1.165) is 16.5 Å². The lowest BCUT2D eigenvalue weighted by molar-refractivity contribution is 0.115. The highest BCUT2D eigenvalue weighted by molar-refractivity contribution is 9.10. The summed E-state index contributed by atoms with van der Waals surface area (Å²) < 4.78 is 5.74. The summed E-state index contributed by atoms with van der Waals surface area (Å²) in [5, 5.41) is 3.39. The second-order valence-corrected chi connectivity index (χ2v) is 4.61. The molecule has 5 heteroatoms. The van der Waals surface area contributed by atoms with Crippen LogP contribution in [0, 0.1) is 0 Å². The molecule has 1 heterocycles. The first kappa shape index (κ1) is 10.8. The van der Waals surface area contributed by atoms with Crippen LogP contribution < -0.4 is 5.32 Å².